The minimum Gasteiger partial charge on any atom is -0.497 e. The predicted molar refractivity (Wildman–Crippen MR) is 77.3 cm³/mol. The van der Waals surface area contributed by atoms with E-state index in [1.54, 1.807) is 21.3 Å². The first-order valence-corrected chi connectivity index (χ1v) is 6.59. The quantitative estimate of drug-likeness (QED) is 0.789. The third kappa shape index (κ3) is 5.48. The highest BCUT2D eigenvalue weighted by Gasteiger charge is 2.08. The summed E-state index contributed by atoms with van der Waals surface area (Å²) in [5.41, 5.74) is 1.01. The van der Waals surface area contributed by atoms with Gasteiger partial charge < -0.3 is 19.5 Å². The Morgan fingerprint density at radius 2 is 1.75 bits per heavy atom. The summed E-state index contributed by atoms with van der Waals surface area (Å²) in [6.45, 7) is 2.43. The van der Waals surface area contributed by atoms with E-state index in [0.717, 1.165) is 17.1 Å². The Labute approximate surface area is 120 Å². The number of hydrogen-bond acceptors (Lipinski definition) is 4. The summed E-state index contributed by atoms with van der Waals surface area (Å²) in [5.74, 6) is 1.47. The van der Waals surface area contributed by atoms with E-state index in [9.17, 15) is 4.79 Å². The van der Waals surface area contributed by atoms with Crippen molar-refractivity contribution < 1.29 is 19.0 Å². The van der Waals surface area contributed by atoms with Gasteiger partial charge in [-0.05, 0) is 31.0 Å². The van der Waals surface area contributed by atoms with Gasteiger partial charge in [-0.15, -0.1) is 0 Å². The van der Waals surface area contributed by atoms with Crippen molar-refractivity contribution in [3.8, 4) is 11.5 Å². The first kappa shape index (κ1) is 16.3. The normalized spacial score (nSPS) is 11.8. The number of carbonyl (C=O) groups excluding carboxylic acids is 1. The summed E-state index contributed by atoms with van der Waals surface area (Å²) in [6, 6.07) is 5.65. The van der Waals surface area contributed by atoms with Crippen LogP contribution >= 0.6 is 0 Å². The zero-order chi connectivity index (χ0) is 15.0. The molecular weight excluding hydrogens is 258 g/mol. The van der Waals surface area contributed by atoms with Crippen LogP contribution in [0.25, 0.3) is 0 Å². The van der Waals surface area contributed by atoms with Gasteiger partial charge in [-0.3, -0.25) is 4.79 Å². The Balaban J connectivity index is 2.54. The lowest BCUT2D eigenvalue weighted by Crippen LogP contribution is -2.35. The van der Waals surface area contributed by atoms with Crippen LogP contribution in [-0.2, 0) is 16.0 Å². The van der Waals surface area contributed by atoms with E-state index in [2.05, 4.69) is 5.32 Å². The maximum atomic E-state index is 11.8. The van der Waals surface area contributed by atoms with Crippen LogP contribution in [0.2, 0.25) is 0 Å². The van der Waals surface area contributed by atoms with Crippen LogP contribution in [0.3, 0.4) is 0 Å². The molecule has 1 rings (SSSR count). The molecule has 0 spiro atoms. The molecule has 0 fully saturated rings. The molecule has 0 radical (unpaired) electrons. The highest BCUT2D eigenvalue weighted by atomic mass is 16.5. The highest BCUT2D eigenvalue weighted by Crippen LogP contribution is 2.23. The second-order valence-corrected chi connectivity index (χ2v) is 4.64. The van der Waals surface area contributed by atoms with Crippen LogP contribution < -0.4 is 14.8 Å². The average molecular weight is 281 g/mol. The van der Waals surface area contributed by atoms with Gasteiger partial charge in [0.1, 0.15) is 11.5 Å². The van der Waals surface area contributed by atoms with Crippen LogP contribution in [0.15, 0.2) is 18.2 Å². The zero-order valence-corrected chi connectivity index (χ0v) is 12.6. The molecule has 0 saturated carbocycles. The van der Waals surface area contributed by atoms with Gasteiger partial charge in [-0.25, -0.2) is 0 Å². The standard InChI is InChI=1S/C15H23NO4/c1-11(10-18-2)16-15(17)6-5-12-7-13(19-3)9-14(8-12)20-4/h7-9,11H,5-6,10H2,1-4H3,(H,16,17). The molecule has 1 amide bonds. The lowest BCUT2D eigenvalue weighted by Gasteiger charge is -2.13. The number of amides is 1. The molecule has 0 aliphatic rings. The number of aryl methyl sites for hydroxylation is 1. The summed E-state index contributed by atoms with van der Waals surface area (Å²) in [5, 5.41) is 2.88. The van der Waals surface area contributed by atoms with Gasteiger partial charge in [0.2, 0.25) is 5.91 Å². The van der Waals surface area contributed by atoms with Gasteiger partial charge >= 0.3 is 0 Å². The molecule has 5 nitrogen and oxygen atoms in total. The fourth-order valence-corrected chi connectivity index (χ4v) is 1.91. The minimum absolute atomic E-state index is 0.0105. The van der Waals surface area contributed by atoms with Crippen LogP contribution in [0.1, 0.15) is 18.9 Å². The molecule has 0 saturated heterocycles. The molecule has 1 unspecified atom stereocenters. The molecule has 0 aliphatic carbocycles. The van der Waals surface area contributed by atoms with Gasteiger partial charge in [0, 0.05) is 25.6 Å². The molecule has 5 heteroatoms. The van der Waals surface area contributed by atoms with Gasteiger partial charge in [0.25, 0.3) is 0 Å². The minimum atomic E-state index is 0.0105. The van der Waals surface area contributed by atoms with Crippen molar-refractivity contribution in [2.24, 2.45) is 0 Å². The van der Waals surface area contributed by atoms with E-state index >= 15 is 0 Å². The molecule has 0 bridgehead atoms. The Bertz CT molecular complexity index is 412. The first-order chi connectivity index (χ1) is 9.58. The van der Waals surface area contributed by atoms with E-state index in [1.165, 1.54) is 0 Å². The SMILES string of the molecule is COCC(C)NC(=O)CCc1cc(OC)cc(OC)c1. The molecule has 1 aromatic rings. The number of ether oxygens (including phenoxy) is 3. The summed E-state index contributed by atoms with van der Waals surface area (Å²) < 4.78 is 15.4. The van der Waals surface area contributed by atoms with Crippen LogP contribution in [-0.4, -0.2) is 39.9 Å². The Kier molecular flexibility index (Phi) is 6.87. The molecule has 1 atom stereocenters. The third-order valence-electron chi connectivity index (χ3n) is 2.88. The smallest absolute Gasteiger partial charge is 0.220 e. The predicted octanol–water partition coefficient (Wildman–Crippen LogP) is 1.79. The van der Waals surface area contributed by atoms with Crippen molar-refractivity contribution in [2.45, 2.75) is 25.8 Å². The summed E-state index contributed by atoms with van der Waals surface area (Å²) in [4.78, 5) is 11.8. The van der Waals surface area contributed by atoms with Crippen molar-refractivity contribution in [1.82, 2.24) is 5.32 Å². The van der Waals surface area contributed by atoms with E-state index in [4.69, 9.17) is 14.2 Å². The Morgan fingerprint density at radius 3 is 2.25 bits per heavy atom. The van der Waals surface area contributed by atoms with E-state index in [0.29, 0.717) is 19.4 Å². The number of benzene rings is 1. The maximum Gasteiger partial charge on any atom is 0.220 e. The number of carbonyl (C=O) groups is 1. The lowest BCUT2D eigenvalue weighted by molar-refractivity contribution is -0.122. The molecule has 0 aliphatic heterocycles. The largest absolute Gasteiger partial charge is 0.497 e. The summed E-state index contributed by atoms with van der Waals surface area (Å²) >= 11 is 0. The molecule has 1 aromatic carbocycles. The lowest BCUT2D eigenvalue weighted by atomic mass is 10.1. The monoisotopic (exact) mass is 281 g/mol. The molecular formula is C15H23NO4. The van der Waals surface area contributed by atoms with E-state index in [1.807, 2.05) is 25.1 Å². The van der Waals surface area contributed by atoms with Crippen molar-refractivity contribution >= 4 is 5.91 Å². The van der Waals surface area contributed by atoms with E-state index < -0.39 is 0 Å². The highest BCUT2D eigenvalue weighted by molar-refractivity contribution is 5.76. The number of rotatable bonds is 8. The van der Waals surface area contributed by atoms with Crippen molar-refractivity contribution in [2.75, 3.05) is 27.9 Å². The fraction of sp³-hybridized carbons (Fsp3) is 0.533. The van der Waals surface area contributed by atoms with Crippen LogP contribution in [0.4, 0.5) is 0 Å². The number of nitrogens with one attached hydrogen (secondary N) is 1. The van der Waals surface area contributed by atoms with Crippen molar-refractivity contribution in [1.29, 1.82) is 0 Å². The third-order valence-corrected chi connectivity index (χ3v) is 2.88. The van der Waals surface area contributed by atoms with Gasteiger partial charge in [-0.1, -0.05) is 0 Å². The van der Waals surface area contributed by atoms with Gasteiger partial charge in [0.15, 0.2) is 0 Å². The van der Waals surface area contributed by atoms with Crippen molar-refractivity contribution in [3.63, 3.8) is 0 Å². The van der Waals surface area contributed by atoms with E-state index in [-0.39, 0.29) is 11.9 Å². The summed E-state index contributed by atoms with van der Waals surface area (Å²) in [6.07, 6.45) is 1.06. The Morgan fingerprint density at radius 1 is 1.15 bits per heavy atom. The molecule has 1 N–H and O–H groups in total. The molecule has 0 aromatic heterocycles. The second kappa shape index (κ2) is 8.43. The molecule has 0 heterocycles. The number of hydrogen-bond donors (Lipinski definition) is 1. The number of methoxy groups -OCH3 is 3. The molecule has 20 heavy (non-hydrogen) atoms. The average Bonchev–Trinajstić information content (AvgIpc) is 2.44. The first-order valence-electron chi connectivity index (χ1n) is 6.59. The maximum absolute atomic E-state index is 11.8. The van der Waals surface area contributed by atoms with Crippen molar-refractivity contribution in [3.05, 3.63) is 23.8 Å². The summed E-state index contributed by atoms with van der Waals surface area (Å²) in [7, 11) is 4.83. The Hall–Kier alpha value is -1.75. The molecule has 112 valence electrons. The van der Waals surface area contributed by atoms with Crippen LogP contribution in [0.5, 0.6) is 11.5 Å². The van der Waals surface area contributed by atoms with Crippen LogP contribution in [0, 0.1) is 0 Å². The van der Waals surface area contributed by atoms with Gasteiger partial charge in [-0.2, -0.15) is 0 Å². The topological polar surface area (TPSA) is 56.8 Å². The zero-order valence-electron chi connectivity index (χ0n) is 12.6. The fourth-order valence-electron chi connectivity index (χ4n) is 1.91. The second-order valence-electron chi connectivity index (χ2n) is 4.64. The van der Waals surface area contributed by atoms with Gasteiger partial charge in [0.05, 0.1) is 20.8 Å².